The Balaban J connectivity index is 2.21. The average molecular weight is 272 g/mol. The van der Waals surface area contributed by atoms with E-state index in [1.165, 1.54) is 7.11 Å². The summed E-state index contributed by atoms with van der Waals surface area (Å²) in [7, 11) is 1.54. The van der Waals surface area contributed by atoms with Crippen molar-refractivity contribution < 1.29 is 19.4 Å². The molecule has 0 spiro atoms. The van der Waals surface area contributed by atoms with Crippen molar-refractivity contribution in [2.24, 2.45) is 0 Å². The molecule has 0 saturated heterocycles. The van der Waals surface area contributed by atoms with Gasteiger partial charge in [0.1, 0.15) is 6.61 Å². The van der Waals surface area contributed by atoms with E-state index in [9.17, 15) is 4.79 Å². The number of carboxylic acid groups (broad SMARTS) is 1. The summed E-state index contributed by atoms with van der Waals surface area (Å²) in [4.78, 5) is 10.9. The fourth-order valence-corrected chi connectivity index (χ4v) is 1.92. The Morgan fingerprint density at radius 1 is 1.10 bits per heavy atom. The van der Waals surface area contributed by atoms with Crippen LogP contribution in [0.1, 0.15) is 11.1 Å². The van der Waals surface area contributed by atoms with Gasteiger partial charge in [0.15, 0.2) is 11.5 Å². The van der Waals surface area contributed by atoms with Gasteiger partial charge in [-0.05, 0) is 11.6 Å². The monoisotopic (exact) mass is 272 g/mol. The number of carbonyl (C=O) groups is 1. The minimum absolute atomic E-state index is 0.0959. The second-order valence-corrected chi connectivity index (χ2v) is 4.29. The first-order valence-corrected chi connectivity index (χ1v) is 6.25. The number of rotatable bonds is 6. The zero-order valence-electron chi connectivity index (χ0n) is 11.2. The number of ether oxygens (including phenoxy) is 2. The third-order valence-electron chi connectivity index (χ3n) is 2.85. The second kappa shape index (κ2) is 6.61. The Morgan fingerprint density at radius 3 is 2.50 bits per heavy atom. The van der Waals surface area contributed by atoms with Gasteiger partial charge in [-0.15, -0.1) is 0 Å². The van der Waals surface area contributed by atoms with Gasteiger partial charge in [-0.3, -0.25) is 4.79 Å². The molecule has 0 radical (unpaired) electrons. The Labute approximate surface area is 117 Å². The first-order valence-electron chi connectivity index (χ1n) is 6.25. The highest BCUT2D eigenvalue weighted by atomic mass is 16.5. The van der Waals surface area contributed by atoms with E-state index in [1.807, 2.05) is 30.3 Å². The molecule has 2 rings (SSSR count). The molecule has 0 aliphatic heterocycles. The van der Waals surface area contributed by atoms with Gasteiger partial charge in [0.2, 0.25) is 0 Å². The highest BCUT2D eigenvalue weighted by Crippen LogP contribution is 2.32. The first-order chi connectivity index (χ1) is 9.70. The predicted octanol–water partition coefficient (Wildman–Crippen LogP) is 2.90. The molecule has 0 saturated carbocycles. The maximum absolute atomic E-state index is 10.9. The standard InChI is InChI=1S/C16H16O4/c1-19-14-9-5-8-13(10-15(17)18)16(14)20-11-12-6-3-2-4-7-12/h2-9H,10-11H2,1H3,(H,17,18). The van der Waals surface area contributed by atoms with Gasteiger partial charge in [-0.2, -0.15) is 0 Å². The van der Waals surface area contributed by atoms with Crippen LogP contribution in [0.3, 0.4) is 0 Å². The normalized spacial score (nSPS) is 10.1. The van der Waals surface area contributed by atoms with E-state index in [0.717, 1.165) is 5.56 Å². The molecule has 2 aromatic carbocycles. The molecule has 0 bridgehead atoms. The van der Waals surface area contributed by atoms with E-state index in [1.54, 1.807) is 18.2 Å². The van der Waals surface area contributed by atoms with E-state index >= 15 is 0 Å². The number of para-hydroxylation sites is 1. The Morgan fingerprint density at radius 2 is 1.85 bits per heavy atom. The maximum atomic E-state index is 10.9. The number of aliphatic carboxylic acids is 1. The molecule has 0 heterocycles. The lowest BCUT2D eigenvalue weighted by Gasteiger charge is -2.14. The van der Waals surface area contributed by atoms with Crippen LogP contribution in [-0.4, -0.2) is 18.2 Å². The van der Waals surface area contributed by atoms with Crippen LogP contribution in [0.5, 0.6) is 11.5 Å². The van der Waals surface area contributed by atoms with Crippen molar-refractivity contribution in [3.63, 3.8) is 0 Å². The van der Waals surface area contributed by atoms with Gasteiger partial charge in [0.05, 0.1) is 13.5 Å². The third-order valence-corrected chi connectivity index (χ3v) is 2.85. The van der Waals surface area contributed by atoms with Crippen molar-refractivity contribution in [2.45, 2.75) is 13.0 Å². The minimum Gasteiger partial charge on any atom is -0.493 e. The molecule has 0 aliphatic carbocycles. The Bertz CT molecular complexity index is 578. The van der Waals surface area contributed by atoms with Gasteiger partial charge in [0, 0.05) is 5.56 Å². The molecule has 0 fully saturated rings. The van der Waals surface area contributed by atoms with Crippen LogP contribution in [0.2, 0.25) is 0 Å². The number of methoxy groups -OCH3 is 1. The molecule has 4 nitrogen and oxygen atoms in total. The molecule has 104 valence electrons. The molecular formula is C16H16O4. The quantitative estimate of drug-likeness (QED) is 0.878. The van der Waals surface area contributed by atoms with E-state index in [0.29, 0.717) is 23.7 Å². The molecule has 0 aromatic heterocycles. The lowest BCUT2D eigenvalue weighted by atomic mass is 10.1. The van der Waals surface area contributed by atoms with Crippen LogP contribution < -0.4 is 9.47 Å². The van der Waals surface area contributed by atoms with Crippen LogP contribution in [0.4, 0.5) is 0 Å². The van der Waals surface area contributed by atoms with Crippen molar-refractivity contribution in [3.8, 4) is 11.5 Å². The summed E-state index contributed by atoms with van der Waals surface area (Å²) < 4.78 is 11.0. The molecule has 0 aliphatic rings. The van der Waals surface area contributed by atoms with E-state index in [2.05, 4.69) is 0 Å². The predicted molar refractivity (Wildman–Crippen MR) is 75.1 cm³/mol. The van der Waals surface area contributed by atoms with Crippen molar-refractivity contribution in [1.82, 2.24) is 0 Å². The summed E-state index contributed by atoms with van der Waals surface area (Å²) in [5, 5.41) is 8.94. The summed E-state index contributed by atoms with van der Waals surface area (Å²) >= 11 is 0. The SMILES string of the molecule is COc1cccc(CC(=O)O)c1OCc1ccccc1. The van der Waals surface area contributed by atoms with Crippen LogP contribution in [0.25, 0.3) is 0 Å². The highest BCUT2D eigenvalue weighted by Gasteiger charge is 2.13. The lowest BCUT2D eigenvalue weighted by Crippen LogP contribution is -2.05. The van der Waals surface area contributed by atoms with Gasteiger partial charge < -0.3 is 14.6 Å². The zero-order chi connectivity index (χ0) is 14.4. The fraction of sp³-hybridized carbons (Fsp3) is 0.188. The topological polar surface area (TPSA) is 55.8 Å². The third kappa shape index (κ3) is 3.51. The van der Waals surface area contributed by atoms with Crippen molar-refractivity contribution in [3.05, 3.63) is 59.7 Å². The highest BCUT2D eigenvalue weighted by molar-refractivity contribution is 5.72. The fourth-order valence-electron chi connectivity index (χ4n) is 1.92. The van der Waals surface area contributed by atoms with Gasteiger partial charge >= 0.3 is 5.97 Å². The second-order valence-electron chi connectivity index (χ2n) is 4.29. The molecule has 20 heavy (non-hydrogen) atoms. The lowest BCUT2D eigenvalue weighted by molar-refractivity contribution is -0.136. The summed E-state index contributed by atoms with van der Waals surface area (Å²) in [6.07, 6.45) is -0.0959. The Hall–Kier alpha value is -2.49. The minimum atomic E-state index is -0.900. The zero-order valence-corrected chi connectivity index (χ0v) is 11.2. The summed E-state index contributed by atoms with van der Waals surface area (Å²) in [6.45, 7) is 0.369. The number of carboxylic acids is 1. The summed E-state index contributed by atoms with van der Waals surface area (Å²) in [5.41, 5.74) is 1.62. The smallest absolute Gasteiger partial charge is 0.307 e. The van der Waals surface area contributed by atoms with Crippen LogP contribution >= 0.6 is 0 Å². The van der Waals surface area contributed by atoms with E-state index in [4.69, 9.17) is 14.6 Å². The van der Waals surface area contributed by atoms with Gasteiger partial charge in [0.25, 0.3) is 0 Å². The first kappa shape index (κ1) is 13.9. The molecule has 0 atom stereocenters. The molecule has 2 aromatic rings. The van der Waals surface area contributed by atoms with Crippen LogP contribution in [0, 0.1) is 0 Å². The average Bonchev–Trinajstić information content (AvgIpc) is 2.46. The van der Waals surface area contributed by atoms with Crippen LogP contribution in [0.15, 0.2) is 48.5 Å². The molecular weight excluding hydrogens is 256 g/mol. The number of benzene rings is 2. The number of hydrogen-bond donors (Lipinski definition) is 1. The van der Waals surface area contributed by atoms with E-state index in [-0.39, 0.29) is 6.42 Å². The largest absolute Gasteiger partial charge is 0.493 e. The molecule has 0 amide bonds. The molecule has 4 heteroatoms. The molecule has 1 N–H and O–H groups in total. The van der Waals surface area contributed by atoms with Gasteiger partial charge in [-0.25, -0.2) is 0 Å². The molecule has 0 unspecified atom stereocenters. The van der Waals surface area contributed by atoms with Crippen LogP contribution in [-0.2, 0) is 17.8 Å². The van der Waals surface area contributed by atoms with Crippen molar-refractivity contribution in [1.29, 1.82) is 0 Å². The summed E-state index contributed by atoms with van der Waals surface area (Å²) in [5.74, 6) is 0.128. The van der Waals surface area contributed by atoms with Crippen molar-refractivity contribution in [2.75, 3.05) is 7.11 Å². The Kier molecular flexibility index (Phi) is 4.60. The maximum Gasteiger partial charge on any atom is 0.307 e. The van der Waals surface area contributed by atoms with Gasteiger partial charge in [-0.1, -0.05) is 42.5 Å². The van der Waals surface area contributed by atoms with E-state index < -0.39 is 5.97 Å². The number of hydrogen-bond acceptors (Lipinski definition) is 3. The van der Waals surface area contributed by atoms with Crippen molar-refractivity contribution >= 4 is 5.97 Å². The summed E-state index contributed by atoms with van der Waals surface area (Å²) in [6, 6.07) is 14.9.